The molecule has 0 aromatic heterocycles. The highest BCUT2D eigenvalue weighted by molar-refractivity contribution is 5.83. The van der Waals surface area contributed by atoms with Crippen LogP contribution in [0.3, 0.4) is 0 Å². The Morgan fingerprint density at radius 3 is 2.52 bits per heavy atom. The molecule has 0 saturated carbocycles. The summed E-state index contributed by atoms with van der Waals surface area (Å²) >= 11 is 0. The third kappa shape index (κ3) is 6.59. The summed E-state index contributed by atoms with van der Waals surface area (Å²) in [5.41, 5.74) is 1.86. The number of aliphatic hydroxyl groups is 1. The highest BCUT2D eigenvalue weighted by Gasteiger charge is 2.09. The Morgan fingerprint density at radius 1 is 1.29 bits per heavy atom. The molecule has 0 atom stereocenters. The monoisotopic (exact) mass is 288 g/mol. The topological polar surface area (TPSA) is 69.6 Å². The van der Waals surface area contributed by atoms with E-state index in [0.717, 1.165) is 11.1 Å². The molecule has 1 aromatic rings. The fourth-order valence-electron chi connectivity index (χ4n) is 1.61. The van der Waals surface area contributed by atoms with Gasteiger partial charge in [0.1, 0.15) is 0 Å². The lowest BCUT2D eigenvalue weighted by Gasteiger charge is -2.17. The maximum atomic E-state index is 11.8. The summed E-state index contributed by atoms with van der Waals surface area (Å²) in [4.78, 5) is 24.1. The van der Waals surface area contributed by atoms with Gasteiger partial charge in [0, 0.05) is 32.5 Å². The third-order valence-corrected chi connectivity index (χ3v) is 2.76. The van der Waals surface area contributed by atoms with Gasteiger partial charge < -0.3 is 15.3 Å². The molecule has 1 rings (SSSR count). The van der Waals surface area contributed by atoms with Gasteiger partial charge in [-0.15, -0.1) is 0 Å². The number of hydrogen-bond acceptors (Lipinski definition) is 3. The lowest BCUT2D eigenvalue weighted by molar-refractivity contribution is -0.131. The molecule has 1 aromatic carbocycles. The number of nitrogens with one attached hydrogen (secondary N) is 1. The minimum atomic E-state index is -0.220. The van der Waals surface area contributed by atoms with Gasteiger partial charge in [-0.2, -0.15) is 0 Å². The molecule has 0 aliphatic carbocycles. The average Bonchev–Trinajstić information content (AvgIpc) is 2.46. The summed E-state index contributed by atoms with van der Waals surface area (Å²) in [5, 5.41) is 11.1. The Balaban J connectivity index is 2.53. The van der Waals surface area contributed by atoms with E-state index in [1.165, 1.54) is 6.92 Å². The molecule has 0 heterocycles. The van der Waals surface area contributed by atoms with Crippen LogP contribution < -0.4 is 5.32 Å². The van der Waals surface area contributed by atoms with Crippen LogP contribution in [0.4, 0.5) is 0 Å². The zero-order chi connectivity index (χ0) is 15.7. The molecule has 2 amide bonds. The number of rotatable bonds is 5. The van der Waals surface area contributed by atoms with E-state index in [2.05, 4.69) is 17.2 Å². The lowest BCUT2D eigenvalue weighted by atomic mass is 10.1. The molecule has 0 unspecified atom stereocenters. The van der Waals surface area contributed by atoms with E-state index in [4.69, 9.17) is 5.11 Å². The van der Waals surface area contributed by atoms with Crippen LogP contribution in [0.5, 0.6) is 0 Å². The zero-order valence-electron chi connectivity index (χ0n) is 12.3. The van der Waals surface area contributed by atoms with Gasteiger partial charge in [-0.05, 0) is 17.7 Å². The molecule has 0 fully saturated rings. The first-order valence-corrected chi connectivity index (χ1v) is 6.70. The standard InChI is InChI=1S/C16H20N2O3/c1-13(20)17-11-16(21)18(2)12-15-8-6-14(7-9-15)5-3-4-10-19/h6-9,19H,4,10-12H2,1-2H3,(H,17,20). The molecule has 2 N–H and O–H groups in total. The van der Waals surface area contributed by atoms with Crippen LogP contribution in [0.25, 0.3) is 0 Å². The van der Waals surface area contributed by atoms with Gasteiger partial charge >= 0.3 is 0 Å². The van der Waals surface area contributed by atoms with E-state index in [1.807, 2.05) is 24.3 Å². The molecule has 0 aliphatic rings. The number of likely N-dealkylation sites (N-methyl/N-ethyl adjacent to an activating group) is 1. The number of amides is 2. The van der Waals surface area contributed by atoms with E-state index >= 15 is 0 Å². The summed E-state index contributed by atoms with van der Waals surface area (Å²) in [7, 11) is 1.69. The Morgan fingerprint density at radius 2 is 1.95 bits per heavy atom. The molecule has 5 nitrogen and oxygen atoms in total. The van der Waals surface area contributed by atoms with E-state index in [0.29, 0.717) is 13.0 Å². The van der Waals surface area contributed by atoms with E-state index in [-0.39, 0.29) is 25.0 Å². The number of carbonyl (C=O) groups is 2. The van der Waals surface area contributed by atoms with Gasteiger partial charge in [-0.25, -0.2) is 0 Å². The third-order valence-electron chi connectivity index (χ3n) is 2.76. The fourth-order valence-corrected chi connectivity index (χ4v) is 1.61. The fraction of sp³-hybridized carbons (Fsp3) is 0.375. The predicted molar refractivity (Wildman–Crippen MR) is 80.2 cm³/mol. The smallest absolute Gasteiger partial charge is 0.242 e. The molecular weight excluding hydrogens is 268 g/mol. The zero-order valence-corrected chi connectivity index (χ0v) is 12.3. The van der Waals surface area contributed by atoms with Gasteiger partial charge in [0.15, 0.2) is 0 Å². The second-order valence-corrected chi connectivity index (χ2v) is 4.63. The predicted octanol–water partition coefficient (Wildman–Crippen LogP) is 0.515. The Kier molecular flexibility index (Phi) is 6.99. The van der Waals surface area contributed by atoms with Gasteiger partial charge in [0.2, 0.25) is 11.8 Å². The molecule has 0 spiro atoms. The van der Waals surface area contributed by atoms with Crippen LogP contribution in [0.2, 0.25) is 0 Å². The number of hydrogen-bond donors (Lipinski definition) is 2. The second-order valence-electron chi connectivity index (χ2n) is 4.63. The van der Waals surface area contributed by atoms with Crippen molar-refractivity contribution in [2.24, 2.45) is 0 Å². The highest BCUT2D eigenvalue weighted by atomic mass is 16.2. The molecule has 21 heavy (non-hydrogen) atoms. The van der Waals surface area contributed by atoms with Gasteiger partial charge in [-0.3, -0.25) is 9.59 Å². The van der Waals surface area contributed by atoms with Crippen LogP contribution in [0.1, 0.15) is 24.5 Å². The summed E-state index contributed by atoms with van der Waals surface area (Å²) in [5.74, 6) is 5.43. The Bertz CT molecular complexity index is 541. The molecule has 112 valence electrons. The first-order valence-electron chi connectivity index (χ1n) is 6.70. The van der Waals surface area contributed by atoms with Crippen molar-refractivity contribution in [1.82, 2.24) is 10.2 Å². The van der Waals surface area contributed by atoms with Crippen molar-refractivity contribution in [3.63, 3.8) is 0 Å². The molecular formula is C16H20N2O3. The Hall–Kier alpha value is -2.32. The molecule has 0 radical (unpaired) electrons. The summed E-state index contributed by atoms with van der Waals surface area (Å²) in [6.07, 6.45) is 0.460. The van der Waals surface area contributed by atoms with Crippen LogP contribution in [-0.4, -0.2) is 42.0 Å². The maximum absolute atomic E-state index is 11.8. The van der Waals surface area contributed by atoms with Crippen LogP contribution in [-0.2, 0) is 16.1 Å². The molecule has 0 saturated heterocycles. The lowest BCUT2D eigenvalue weighted by Crippen LogP contribution is -2.36. The molecule has 5 heteroatoms. The van der Waals surface area contributed by atoms with Crippen LogP contribution >= 0.6 is 0 Å². The van der Waals surface area contributed by atoms with Gasteiger partial charge in [0.05, 0.1) is 13.2 Å². The summed E-state index contributed by atoms with van der Waals surface area (Å²) in [6, 6.07) is 7.58. The summed E-state index contributed by atoms with van der Waals surface area (Å²) < 4.78 is 0. The van der Waals surface area contributed by atoms with Crippen molar-refractivity contribution in [2.75, 3.05) is 20.2 Å². The molecule has 0 aliphatic heterocycles. The molecule has 0 bridgehead atoms. The Labute approximate surface area is 125 Å². The van der Waals surface area contributed by atoms with Gasteiger partial charge in [0.25, 0.3) is 0 Å². The van der Waals surface area contributed by atoms with Crippen molar-refractivity contribution in [2.45, 2.75) is 19.9 Å². The SMILES string of the molecule is CC(=O)NCC(=O)N(C)Cc1ccc(C#CCCO)cc1. The number of nitrogens with zero attached hydrogens (tertiary/aromatic N) is 1. The van der Waals surface area contributed by atoms with Crippen molar-refractivity contribution < 1.29 is 14.7 Å². The number of aliphatic hydroxyl groups excluding tert-OH is 1. The van der Waals surface area contributed by atoms with E-state index < -0.39 is 0 Å². The van der Waals surface area contributed by atoms with Crippen LogP contribution in [0.15, 0.2) is 24.3 Å². The normalized spacial score (nSPS) is 9.48. The van der Waals surface area contributed by atoms with Gasteiger partial charge in [-0.1, -0.05) is 24.0 Å². The van der Waals surface area contributed by atoms with Crippen molar-refractivity contribution in [3.05, 3.63) is 35.4 Å². The van der Waals surface area contributed by atoms with Crippen molar-refractivity contribution in [1.29, 1.82) is 0 Å². The quantitative estimate of drug-likeness (QED) is 0.776. The largest absolute Gasteiger partial charge is 0.395 e. The van der Waals surface area contributed by atoms with Crippen molar-refractivity contribution >= 4 is 11.8 Å². The van der Waals surface area contributed by atoms with E-state index in [1.54, 1.807) is 11.9 Å². The number of benzene rings is 1. The average molecular weight is 288 g/mol. The van der Waals surface area contributed by atoms with Crippen LogP contribution in [0, 0.1) is 11.8 Å². The second kappa shape index (κ2) is 8.77. The summed E-state index contributed by atoms with van der Waals surface area (Å²) in [6.45, 7) is 1.93. The first kappa shape index (κ1) is 16.7. The van der Waals surface area contributed by atoms with E-state index in [9.17, 15) is 9.59 Å². The highest BCUT2D eigenvalue weighted by Crippen LogP contribution is 2.06. The maximum Gasteiger partial charge on any atom is 0.242 e. The van der Waals surface area contributed by atoms with Crippen molar-refractivity contribution in [3.8, 4) is 11.8 Å². The number of carbonyl (C=O) groups excluding carboxylic acids is 2. The minimum absolute atomic E-state index is 0.0105. The minimum Gasteiger partial charge on any atom is -0.395 e. The first-order chi connectivity index (χ1) is 10.0.